The number of nitrogens with zero attached hydrogens (tertiary/aromatic N) is 3. The number of nitrogen functional groups attached to an aromatic ring is 1. The van der Waals surface area contributed by atoms with Gasteiger partial charge in [0.1, 0.15) is 0 Å². The van der Waals surface area contributed by atoms with Crippen LogP contribution >= 0.6 is 0 Å². The van der Waals surface area contributed by atoms with Gasteiger partial charge in [0.25, 0.3) is 0 Å². The van der Waals surface area contributed by atoms with Crippen molar-refractivity contribution in [3.05, 3.63) is 18.5 Å². The highest BCUT2D eigenvalue weighted by Crippen LogP contribution is 2.54. The minimum absolute atomic E-state index is 0.311. The lowest BCUT2D eigenvalue weighted by molar-refractivity contribution is -0.136. The zero-order valence-electron chi connectivity index (χ0n) is 12.2. The molecular weight excluding hydrogens is 264 g/mol. The van der Waals surface area contributed by atoms with E-state index in [1.165, 1.54) is 6.42 Å². The van der Waals surface area contributed by atoms with Crippen LogP contribution in [-0.4, -0.2) is 42.0 Å². The number of amides is 1. The molecule has 2 N–H and O–H groups in total. The Hall–Kier alpha value is -1.78. The fourth-order valence-corrected chi connectivity index (χ4v) is 4.03. The van der Waals surface area contributed by atoms with E-state index in [1.54, 1.807) is 12.4 Å². The molecule has 2 aliphatic carbocycles. The Morgan fingerprint density at radius 3 is 2.52 bits per heavy atom. The number of piperazine rings is 1. The van der Waals surface area contributed by atoms with E-state index in [2.05, 4.69) is 14.8 Å². The number of anilines is 2. The second-order valence-corrected chi connectivity index (χ2v) is 6.67. The highest BCUT2D eigenvalue weighted by molar-refractivity contribution is 5.80. The van der Waals surface area contributed by atoms with Gasteiger partial charge >= 0.3 is 0 Å². The first-order chi connectivity index (χ1) is 10.2. The topological polar surface area (TPSA) is 62.5 Å². The van der Waals surface area contributed by atoms with Gasteiger partial charge in [-0.1, -0.05) is 0 Å². The molecule has 1 amide bonds. The molecule has 4 rings (SSSR count). The molecule has 3 aliphatic rings. The van der Waals surface area contributed by atoms with E-state index in [-0.39, 0.29) is 0 Å². The molecule has 21 heavy (non-hydrogen) atoms. The van der Waals surface area contributed by atoms with Crippen LogP contribution in [-0.2, 0) is 4.79 Å². The number of hydrogen-bond donors (Lipinski definition) is 1. The molecule has 0 aromatic carbocycles. The minimum Gasteiger partial charge on any atom is -0.396 e. The first-order valence-electron chi connectivity index (χ1n) is 7.95. The summed E-state index contributed by atoms with van der Waals surface area (Å²) < 4.78 is 0. The summed E-state index contributed by atoms with van der Waals surface area (Å²) >= 11 is 0. The Balaban J connectivity index is 1.36. The van der Waals surface area contributed by atoms with Gasteiger partial charge in [0.05, 0.1) is 17.6 Å². The van der Waals surface area contributed by atoms with E-state index in [4.69, 9.17) is 5.73 Å². The van der Waals surface area contributed by atoms with Crippen LogP contribution in [0.1, 0.15) is 19.3 Å². The largest absolute Gasteiger partial charge is 0.396 e. The summed E-state index contributed by atoms with van der Waals surface area (Å²) in [5, 5.41) is 0. The van der Waals surface area contributed by atoms with Crippen molar-refractivity contribution in [1.29, 1.82) is 0 Å². The van der Waals surface area contributed by atoms with Gasteiger partial charge in [0, 0.05) is 38.3 Å². The van der Waals surface area contributed by atoms with Crippen molar-refractivity contribution in [3.63, 3.8) is 0 Å². The average Bonchev–Trinajstić information content (AvgIpc) is 3.13. The SMILES string of the molecule is Nc1cnccc1N1CCN(C(=O)C2CC3CC3C2)CC1. The average molecular weight is 286 g/mol. The van der Waals surface area contributed by atoms with Crippen molar-refractivity contribution < 1.29 is 4.79 Å². The number of pyridine rings is 1. The van der Waals surface area contributed by atoms with Crippen LogP contribution in [0.25, 0.3) is 0 Å². The van der Waals surface area contributed by atoms with Gasteiger partial charge in [-0.2, -0.15) is 0 Å². The molecule has 2 unspecified atom stereocenters. The number of fused-ring (bicyclic) bond motifs is 1. The molecular formula is C16H22N4O. The third-order valence-electron chi connectivity index (χ3n) is 5.35. The molecule has 3 fully saturated rings. The number of hydrogen-bond acceptors (Lipinski definition) is 4. The molecule has 1 saturated heterocycles. The Kier molecular flexibility index (Phi) is 3.01. The second kappa shape index (κ2) is 4.90. The summed E-state index contributed by atoms with van der Waals surface area (Å²) in [7, 11) is 0. The predicted molar refractivity (Wildman–Crippen MR) is 81.8 cm³/mol. The fourth-order valence-electron chi connectivity index (χ4n) is 4.03. The molecule has 1 aromatic rings. The van der Waals surface area contributed by atoms with Crippen LogP contribution in [0.2, 0.25) is 0 Å². The lowest BCUT2D eigenvalue weighted by Gasteiger charge is -2.37. The first kappa shape index (κ1) is 12.9. The third-order valence-corrected chi connectivity index (χ3v) is 5.35. The lowest BCUT2D eigenvalue weighted by atomic mass is 10.0. The standard InChI is InChI=1S/C16H22N4O/c17-14-10-18-2-1-15(14)19-3-5-20(6-4-19)16(21)13-8-11-7-12(11)9-13/h1-2,10-13H,3-9,17H2. The number of carbonyl (C=O) groups excluding carboxylic acids is 1. The summed E-state index contributed by atoms with van der Waals surface area (Å²) in [4.78, 5) is 20.9. The maximum atomic E-state index is 12.5. The van der Waals surface area contributed by atoms with Gasteiger partial charge < -0.3 is 15.5 Å². The quantitative estimate of drug-likeness (QED) is 0.891. The summed E-state index contributed by atoms with van der Waals surface area (Å²) in [6.07, 6.45) is 7.12. The Labute approximate surface area is 125 Å². The molecule has 2 heterocycles. The van der Waals surface area contributed by atoms with Gasteiger partial charge in [-0.15, -0.1) is 0 Å². The summed E-state index contributed by atoms with van der Waals surface area (Å²) in [6.45, 7) is 3.35. The zero-order valence-corrected chi connectivity index (χ0v) is 12.2. The number of aromatic nitrogens is 1. The highest BCUT2D eigenvalue weighted by atomic mass is 16.2. The van der Waals surface area contributed by atoms with Crippen LogP contribution in [0.3, 0.4) is 0 Å². The van der Waals surface area contributed by atoms with Crippen molar-refractivity contribution in [3.8, 4) is 0 Å². The Morgan fingerprint density at radius 1 is 1.14 bits per heavy atom. The second-order valence-electron chi connectivity index (χ2n) is 6.67. The number of nitrogens with two attached hydrogens (primary N) is 1. The Bertz CT molecular complexity index is 543. The lowest BCUT2D eigenvalue weighted by Crippen LogP contribution is -2.50. The molecule has 112 valence electrons. The van der Waals surface area contributed by atoms with Crippen LogP contribution in [0.15, 0.2) is 18.5 Å². The minimum atomic E-state index is 0.311. The molecule has 2 saturated carbocycles. The molecule has 5 heteroatoms. The molecule has 0 radical (unpaired) electrons. The van der Waals surface area contributed by atoms with Crippen LogP contribution in [0.4, 0.5) is 11.4 Å². The summed E-state index contributed by atoms with van der Waals surface area (Å²) in [6, 6.07) is 1.96. The fraction of sp³-hybridized carbons (Fsp3) is 0.625. The van der Waals surface area contributed by atoms with Crippen LogP contribution in [0.5, 0.6) is 0 Å². The van der Waals surface area contributed by atoms with E-state index in [1.807, 2.05) is 6.07 Å². The molecule has 1 aromatic heterocycles. The van der Waals surface area contributed by atoms with Gasteiger partial charge in [0.15, 0.2) is 0 Å². The first-order valence-corrected chi connectivity index (χ1v) is 7.95. The smallest absolute Gasteiger partial charge is 0.225 e. The normalized spacial score (nSPS) is 31.1. The maximum absolute atomic E-state index is 12.5. The van der Waals surface area contributed by atoms with E-state index >= 15 is 0 Å². The summed E-state index contributed by atoms with van der Waals surface area (Å²) in [5.74, 6) is 2.45. The van der Waals surface area contributed by atoms with Gasteiger partial charge in [0.2, 0.25) is 5.91 Å². The third kappa shape index (κ3) is 2.34. The maximum Gasteiger partial charge on any atom is 0.225 e. The highest BCUT2D eigenvalue weighted by Gasteiger charge is 2.48. The zero-order chi connectivity index (χ0) is 14.4. The monoisotopic (exact) mass is 286 g/mol. The molecule has 0 bridgehead atoms. The van der Waals surface area contributed by atoms with Crippen LogP contribution < -0.4 is 10.6 Å². The van der Waals surface area contributed by atoms with Crippen molar-refractivity contribution in [2.45, 2.75) is 19.3 Å². The van der Waals surface area contributed by atoms with Gasteiger partial charge in [-0.3, -0.25) is 9.78 Å². The van der Waals surface area contributed by atoms with Gasteiger partial charge in [-0.25, -0.2) is 0 Å². The number of carbonyl (C=O) groups is 1. The van der Waals surface area contributed by atoms with Crippen molar-refractivity contribution in [2.24, 2.45) is 17.8 Å². The van der Waals surface area contributed by atoms with E-state index in [0.717, 1.165) is 56.5 Å². The molecule has 2 atom stereocenters. The molecule has 5 nitrogen and oxygen atoms in total. The van der Waals surface area contributed by atoms with E-state index in [9.17, 15) is 4.79 Å². The Morgan fingerprint density at radius 2 is 1.86 bits per heavy atom. The molecule has 1 aliphatic heterocycles. The van der Waals surface area contributed by atoms with E-state index in [0.29, 0.717) is 17.5 Å². The predicted octanol–water partition coefficient (Wildman–Crippen LogP) is 1.36. The van der Waals surface area contributed by atoms with Crippen LogP contribution in [0, 0.1) is 17.8 Å². The van der Waals surface area contributed by atoms with Crippen molar-refractivity contribution in [1.82, 2.24) is 9.88 Å². The van der Waals surface area contributed by atoms with Crippen molar-refractivity contribution >= 4 is 17.3 Å². The van der Waals surface area contributed by atoms with Crippen molar-refractivity contribution in [2.75, 3.05) is 36.8 Å². The number of rotatable bonds is 2. The molecule has 0 spiro atoms. The summed E-state index contributed by atoms with van der Waals surface area (Å²) in [5.41, 5.74) is 7.74. The van der Waals surface area contributed by atoms with Gasteiger partial charge in [-0.05, 0) is 37.2 Å². The van der Waals surface area contributed by atoms with E-state index < -0.39 is 0 Å².